The first-order valence-electron chi connectivity index (χ1n) is 7.83. The highest BCUT2D eigenvalue weighted by Gasteiger charge is 2.16. The number of rotatable bonds is 10. The molecule has 0 aliphatic heterocycles. The van der Waals surface area contributed by atoms with E-state index in [2.05, 4.69) is 24.2 Å². The monoisotopic (exact) mass is 256 g/mol. The van der Waals surface area contributed by atoms with Crippen molar-refractivity contribution in [1.29, 1.82) is 0 Å². The third kappa shape index (κ3) is 7.34. The van der Waals surface area contributed by atoms with Crippen molar-refractivity contribution in [2.24, 2.45) is 0 Å². The number of likely N-dealkylation sites (N-methyl/N-ethyl adjacent to an activating group) is 1. The summed E-state index contributed by atoms with van der Waals surface area (Å²) in [4.78, 5) is 2.55. The van der Waals surface area contributed by atoms with Gasteiger partial charge in [0, 0.05) is 32.3 Å². The van der Waals surface area contributed by atoms with E-state index in [-0.39, 0.29) is 0 Å². The molecule has 1 aliphatic carbocycles. The predicted octanol–water partition coefficient (Wildman–Crippen LogP) is 2.66. The van der Waals surface area contributed by atoms with Crippen molar-refractivity contribution in [2.75, 3.05) is 39.9 Å². The van der Waals surface area contributed by atoms with Gasteiger partial charge in [0.1, 0.15) is 0 Å². The maximum Gasteiger partial charge on any atom is 0.0466 e. The fraction of sp³-hybridized carbons (Fsp3) is 1.00. The molecule has 0 aromatic rings. The van der Waals surface area contributed by atoms with E-state index in [1.54, 1.807) is 0 Å². The second-order valence-electron chi connectivity index (χ2n) is 5.43. The lowest BCUT2D eigenvalue weighted by molar-refractivity contribution is 0.143. The van der Waals surface area contributed by atoms with Gasteiger partial charge in [0.2, 0.25) is 0 Å². The lowest BCUT2D eigenvalue weighted by Crippen LogP contribution is -2.38. The van der Waals surface area contributed by atoms with E-state index in [0.717, 1.165) is 32.3 Å². The van der Waals surface area contributed by atoms with Crippen LogP contribution in [0.1, 0.15) is 51.9 Å². The van der Waals surface area contributed by atoms with Crippen molar-refractivity contribution >= 4 is 0 Å². The fourth-order valence-electron chi connectivity index (χ4n) is 2.68. The minimum atomic E-state index is 0.846. The zero-order valence-corrected chi connectivity index (χ0v) is 12.4. The first-order valence-corrected chi connectivity index (χ1v) is 7.83. The quantitative estimate of drug-likeness (QED) is 0.608. The molecule has 1 saturated carbocycles. The number of nitrogens with zero attached hydrogens (tertiary/aromatic N) is 1. The van der Waals surface area contributed by atoms with Crippen molar-refractivity contribution in [2.45, 2.75) is 57.9 Å². The summed E-state index contributed by atoms with van der Waals surface area (Å²) in [6, 6.07) is 0.846. The van der Waals surface area contributed by atoms with Crippen LogP contribution in [0.15, 0.2) is 0 Å². The van der Waals surface area contributed by atoms with E-state index in [1.165, 1.54) is 51.5 Å². The van der Waals surface area contributed by atoms with Gasteiger partial charge in [0.05, 0.1) is 0 Å². The largest absolute Gasteiger partial charge is 0.382 e. The van der Waals surface area contributed by atoms with E-state index in [4.69, 9.17) is 4.74 Å². The molecular weight excluding hydrogens is 224 g/mol. The smallest absolute Gasteiger partial charge is 0.0466 e. The molecule has 0 aromatic carbocycles. The van der Waals surface area contributed by atoms with Gasteiger partial charge in [-0.15, -0.1) is 0 Å². The minimum Gasteiger partial charge on any atom is -0.382 e. The van der Waals surface area contributed by atoms with Crippen LogP contribution in [0.2, 0.25) is 0 Å². The molecule has 0 atom stereocenters. The second kappa shape index (κ2) is 10.8. The number of hydrogen-bond donors (Lipinski definition) is 1. The van der Waals surface area contributed by atoms with Crippen molar-refractivity contribution < 1.29 is 4.74 Å². The number of hydrogen-bond acceptors (Lipinski definition) is 3. The zero-order chi connectivity index (χ0) is 13.1. The van der Waals surface area contributed by atoms with Crippen molar-refractivity contribution in [3.8, 4) is 0 Å². The summed E-state index contributed by atoms with van der Waals surface area (Å²) in [6.07, 6.45) is 9.53. The Morgan fingerprint density at radius 3 is 2.61 bits per heavy atom. The average Bonchev–Trinajstić information content (AvgIpc) is 2.42. The highest BCUT2D eigenvalue weighted by Crippen LogP contribution is 2.21. The fourth-order valence-corrected chi connectivity index (χ4v) is 2.68. The Kier molecular flexibility index (Phi) is 9.54. The highest BCUT2D eigenvalue weighted by atomic mass is 16.5. The molecule has 0 radical (unpaired) electrons. The maximum absolute atomic E-state index is 5.32. The van der Waals surface area contributed by atoms with Crippen molar-refractivity contribution in [3.63, 3.8) is 0 Å². The molecule has 1 N–H and O–H groups in total. The molecule has 3 nitrogen and oxygen atoms in total. The molecular formula is C15H32N2O. The molecule has 0 spiro atoms. The molecule has 0 bridgehead atoms. The van der Waals surface area contributed by atoms with Gasteiger partial charge in [0.25, 0.3) is 0 Å². The van der Waals surface area contributed by atoms with Crippen molar-refractivity contribution in [1.82, 2.24) is 10.2 Å². The number of unbranched alkanes of at least 4 members (excludes halogenated alkanes) is 1. The van der Waals surface area contributed by atoms with E-state index < -0.39 is 0 Å². The van der Waals surface area contributed by atoms with E-state index in [1.807, 2.05) is 0 Å². The van der Waals surface area contributed by atoms with Crippen LogP contribution in [-0.2, 0) is 4.74 Å². The zero-order valence-electron chi connectivity index (χ0n) is 12.4. The molecule has 1 rings (SSSR count). The van der Waals surface area contributed by atoms with Crippen LogP contribution in [0.25, 0.3) is 0 Å². The standard InChI is InChI=1S/C15H32N2O/c1-3-18-14-8-7-11-16-12-13-17(2)15-9-5-4-6-10-15/h15-16H,3-14H2,1-2H3. The SMILES string of the molecule is CCOCCCCNCCN(C)C1CCCCC1. The average molecular weight is 256 g/mol. The summed E-state index contributed by atoms with van der Waals surface area (Å²) in [7, 11) is 2.28. The summed E-state index contributed by atoms with van der Waals surface area (Å²) >= 11 is 0. The maximum atomic E-state index is 5.32. The van der Waals surface area contributed by atoms with Gasteiger partial charge in [-0.05, 0) is 46.2 Å². The molecule has 108 valence electrons. The molecule has 3 heteroatoms. The van der Waals surface area contributed by atoms with Gasteiger partial charge in [-0.1, -0.05) is 19.3 Å². The molecule has 1 aliphatic rings. The summed E-state index contributed by atoms with van der Waals surface area (Å²) in [5, 5.41) is 3.54. The third-order valence-electron chi connectivity index (χ3n) is 3.94. The summed E-state index contributed by atoms with van der Waals surface area (Å²) in [6.45, 7) is 7.27. The van der Waals surface area contributed by atoms with Crippen LogP contribution >= 0.6 is 0 Å². The van der Waals surface area contributed by atoms with Crippen LogP contribution in [0, 0.1) is 0 Å². The number of nitrogens with one attached hydrogen (secondary N) is 1. The summed E-state index contributed by atoms with van der Waals surface area (Å²) < 4.78 is 5.32. The van der Waals surface area contributed by atoms with E-state index in [9.17, 15) is 0 Å². The Bertz CT molecular complexity index is 181. The van der Waals surface area contributed by atoms with Gasteiger partial charge in [0.15, 0.2) is 0 Å². The van der Waals surface area contributed by atoms with Crippen LogP contribution in [0.4, 0.5) is 0 Å². The normalized spacial score (nSPS) is 17.5. The van der Waals surface area contributed by atoms with Crippen molar-refractivity contribution in [3.05, 3.63) is 0 Å². The molecule has 0 amide bonds. The van der Waals surface area contributed by atoms with Crippen LogP contribution in [0.5, 0.6) is 0 Å². The molecule has 0 heterocycles. The minimum absolute atomic E-state index is 0.846. The first-order chi connectivity index (χ1) is 8.84. The Balaban J connectivity index is 1.87. The van der Waals surface area contributed by atoms with Gasteiger partial charge < -0.3 is 15.0 Å². The second-order valence-corrected chi connectivity index (χ2v) is 5.43. The topological polar surface area (TPSA) is 24.5 Å². The van der Waals surface area contributed by atoms with Gasteiger partial charge in [-0.2, -0.15) is 0 Å². The number of ether oxygens (including phenoxy) is 1. The third-order valence-corrected chi connectivity index (χ3v) is 3.94. The Morgan fingerprint density at radius 1 is 1.11 bits per heavy atom. The highest BCUT2D eigenvalue weighted by molar-refractivity contribution is 4.73. The molecule has 1 fully saturated rings. The van der Waals surface area contributed by atoms with E-state index in [0.29, 0.717) is 0 Å². The van der Waals surface area contributed by atoms with Crippen LogP contribution in [-0.4, -0.2) is 50.8 Å². The lowest BCUT2D eigenvalue weighted by atomic mass is 9.94. The molecule has 0 aromatic heterocycles. The van der Waals surface area contributed by atoms with E-state index >= 15 is 0 Å². The van der Waals surface area contributed by atoms with Crippen LogP contribution in [0.3, 0.4) is 0 Å². The Hall–Kier alpha value is -0.120. The molecule has 0 saturated heterocycles. The van der Waals surface area contributed by atoms with Crippen LogP contribution < -0.4 is 5.32 Å². The summed E-state index contributed by atoms with van der Waals surface area (Å²) in [5.41, 5.74) is 0. The molecule has 0 unspecified atom stereocenters. The Labute approximate surface area is 113 Å². The Morgan fingerprint density at radius 2 is 1.89 bits per heavy atom. The van der Waals surface area contributed by atoms with Gasteiger partial charge in [-0.3, -0.25) is 0 Å². The van der Waals surface area contributed by atoms with Gasteiger partial charge >= 0.3 is 0 Å². The lowest BCUT2D eigenvalue weighted by Gasteiger charge is -2.31. The summed E-state index contributed by atoms with van der Waals surface area (Å²) in [5.74, 6) is 0. The molecule has 18 heavy (non-hydrogen) atoms. The van der Waals surface area contributed by atoms with Gasteiger partial charge in [-0.25, -0.2) is 0 Å². The predicted molar refractivity (Wildman–Crippen MR) is 78.1 cm³/mol. The first kappa shape index (κ1) is 15.9.